The maximum absolute atomic E-state index is 8.60. The molecule has 0 saturated heterocycles. The van der Waals surface area contributed by atoms with Gasteiger partial charge in [-0.1, -0.05) is 37.3 Å². The molecule has 0 N–H and O–H groups in total. The number of hydrogen-bond acceptors (Lipinski definition) is 3. The lowest BCUT2D eigenvalue weighted by Crippen LogP contribution is -2.28. The Bertz CT molecular complexity index is 345. The molecule has 0 amide bonds. The van der Waals surface area contributed by atoms with Gasteiger partial charge in [0, 0.05) is 13.1 Å². The van der Waals surface area contributed by atoms with Crippen molar-refractivity contribution < 1.29 is 4.74 Å². The molecule has 92 valence electrons. The van der Waals surface area contributed by atoms with Gasteiger partial charge in [-0.05, 0) is 19.0 Å². The summed E-state index contributed by atoms with van der Waals surface area (Å²) in [6, 6.07) is 12.4. The second kappa shape index (κ2) is 7.83. The molecule has 0 fully saturated rings. The molecule has 0 aliphatic carbocycles. The minimum absolute atomic E-state index is 0.314. The van der Waals surface area contributed by atoms with E-state index in [1.165, 1.54) is 5.56 Å². The first-order valence-corrected chi connectivity index (χ1v) is 6.03. The van der Waals surface area contributed by atoms with Gasteiger partial charge < -0.3 is 4.74 Å². The van der Waals surface area contributed by atoms with Gasteiger partial charge in [-0.2, -0.15) is 5.26 Å². The predicted molar refractivity (Wildman–Crippen MR) is 68.4 cm³/mol. The molecule has 0 aliphatic rings. The van der Waals surface area contributed by atoms with Gasteiger partial charge in [-0.3, -0.25) is 4.90 Å². The van der Waals surface area contributed by atoms with Gasteiger partial charge in [0.15, 0.2) is 0 Å². The smallest absolute Gasteiger partial charge is 0.141 e. The SMILES string of the molecule is CCN(CCOC(C)C#N)Cc1ccccc1. The van der Waals surface area contributed by atoms with E-state index >= 15 is 0 Å². The van der Waals surface area contributed by atoms with Crippen LogP contribution in [0.5, 0.6) is 0 Å². The third kappa shape index (κ3) is 5.48. The highest BCUT2D eigenvalue weighted by atomic mass is 16.5. The van der Waals surface area contributed by atoms with E-state index in [0.717, 1.165) is 19.6 Å². The lowest BCUT2D eigenvalue weighted by atomic mass is 10.2. The lowest BCUT2D eigenvalue weighted by Gasteiger charge is -2.20. The number of nitrogens with zero attached hydrogens (tertiary/aromatic N) is 2. The Kier molecular flexibility index (Phi) is 6.31. The van der Waals surface area contributed by atoms with Crippen molar-refractivity contribution in [2.45, 2.75) is 26.5 Å². The van der Waals surface area contributed by atoms with Gasteiger partial charge in [0.25, 0.3) is 0 Å². The van der Waals surface area contributed by atoms with Gasteiger partial charge in [0.05, 0.1) is 12.7 Å². The summed E-state index contributed by atoms with van der Waals surface area (Å²) in [7, 11) is 0. The number of ether oxygens (including phenoxy) is 1. The van der Waals surface area contributed by atoms with Crippen LogP contribution in [0.4, 0.5) is 0 Å². The summed E-state index contributed by atoms with van der Waals surface area (Å²) in [4.78, 5) is 2.30. The summed E-state index contributed by atoms with van der Waals surface area (Å²) in [5.41, 5.74) is 1.31. The van der Waals surface area contributed by atoms with Crippen molar-refractivity contribution in [3.63, 3.8) is 0 Å². The van der Waals surface area contributed by atoms with Crippen LogP contribution in [0.1, 0.15) is 19.4 Å². The quantitative estimate of drug-likeness (QED) is 0.724. The van der Waals surface area contributed by atoms with Crippen LogP contribution in [0.25, 0.3) is 0 Å². The molecule has 0 heterocycles. The molecular formula is C14H20N2O. The third-order valence-electron chi connectivity index (χ3n) is 2.65. The van der Waals surface area contributed by atoms with Crippen molar-refractivity contribution in [1.29, 1.82) is 5.26 Å². The van der Waals surface area contributed by atoms with Crippen molar-refractivity contribution in [3.8, 4) is 6.07 Å². The first-order valence-electron chi connectivity index (χ1n) is 6.03. The topological polar surface area (TPSA) is 36.3 Å². The van der Waals surface area contributed by atoms with Gasteiger partial charge >= 0.3 is 0 Å². The van der Waals surface area contributed by atoms with Crippen molar-refractivity contribution in [3.05, 3.63) is 35.9 Å². The Hall–Kier alpha value is -1.37. The third-order valence-corrected chi connectivity index (χ3v) is 2.65. The molecule has 0 bridgehead atoms. The maximum atomic E-state index is 8.60. The summed E-state index contributed by atoms with van der Waals surface area (Å²) in [5, 5.41) is 8.60. The van der Waals surface area contributed by atoms with Gasteiger partial charge in [0.2, 0.25) is 0 Å². The van der Waals surface area contributed by atoms with Gasteiger partial charge in [0.1, 0.15) is 6.10 Å². The first kappa shape index (κ1) is 13.7. The van der Waals surface area contributed by atoms with Crippen LogP contribution < -0.4 is 0 Å². The van der Waals surface area contributed by atoms with Gasteiger partial charge in [-0.25, -0.2) is 0 Å². The Labute approximate surface area is 104 Å². The van der Waals surface area contributed by atoms with Crippen LogP contribution in [0, 0.1) is 11.3 Å². The van der Waals surface area contributed by atoms with E-state index < -0.39 is 0 Å². The molecule has 0 aliphatic heterocycles. The monoisotopic (exact) mass is 232 g/mol. The van der Waals surface area contributed by atoms with Crippen LogP contribution >= 0.6 is 0 Å². The molecule has 0 aromatic heterocycles. The van der Waals surface area contributed by atoms with Crippen molar-refractivity contribution in [2.75, 3.05) is 19.7 Å². The highest BCUT2D eigenvalue weighted by Crippen LogP contribution is 2.04. The molecular weight excluding hydrogens is 212 g/mol. The second-order valence-electron chi connectivity index (χ2n) is 4.00. The second-order valence-corrected chi connectivity index (χ2v) is 4.00. The largest absolute Gasteiger partial charge is 0.362 e. The molecule has 1 unspecified atom stereocenters. The Morgan fingerprint density at radius 2 is 2.06 bits per heavy atom. The molecule has 0 saturated carbocycles. The number of rotatable bonds is 7. The number of hydrogen-bond donors (Lipinski definition) is 0. The summed E-state index contributed by atoms with van der Waals surface area (Å²) in [5.74, 6) is 0. The van der Waals surface area contributed by atoms with E-state index in [9.17, 15) is 0 Å². The van der Waals surface area contributed by atoms with Crippen molar-refractivity contribution >= 4 is 0 Å². The molecule has 1 aromatic rings. The van der Waals surface area contributed by atoms with Crippen LogP contribution in [-0.4, -0.2) is 30.7 Å². The molecule has 1 atom stereocenters. The van der Waals surface area contributed by atoms with E-state index in [2.05, 4.69) is 42.2 Å². The molecule has 17 heavy (non-hydrogen) atoms. The van der Waals surface area contributed by atoms with Crippen LogP contribution in [0.2, 0.25) is 0 Å². The standard InChI is InChI=1S/C14H20N2O/c1-3-16(9-10-17-13(2)11-15)12-14-7-5-4-6-8-14/h4-8,13H,3,9-10,12H2,1-2H3. The highest BCUT2D eigenvalue weighted by Gasteiger charge is 2.05. The lowest BCUT2D eigenvalue weighted by molar-refractivity contribution is 0.0776. The zero-order valence-electron chi connectivity index (χ0n) is 10.6. The number of likely N-dealkylation sites (N-methyl/N-ethyl adjacent to an activating group) is 1. The first-order chi connectivity index (χ1) is 8.26. The Morgan fingerprint density at radius 3 is 2.65 bits per heavy atom. The predicted octanol–water partition coefficient (Wildman–Crippen LogP) is 2.44. The number of nitriles is 1. The number of benzene rings is 1. The molecule has 1 rings (SSSR count). The normalized spacial score (nSPS) is 12.4. The minimum Gasteiger partial charge on any atom is -0.362 e. The molecule has 3 heteroatoms. The van der Waals surface area contributed by atoms with Gasteiger partial charge in [-0.15, -0.1) is 0 Å². The Morgan fingerprint density at radius 1 is 1.35 bits per heavy atom. The fourth-order valence-corrected chi connectivity index (χ4v) is 1.59. The van der Waals surface area contributed by atoms with Crippen molar-refractivity contribution in [2.24, 2.45) is 0 Å². The van der Waals surface area contributed by atoms with Crippen LogP contribution in [0.3, 0.4) is 0 Å². The summed E-state index contributed by atoms with van der Waals surface area (Å²) < 4.78 is 5.36. The van der Waals surface area contributed by atoms with E-state index in [1.807, 2.05) is 6.07 Å². The van der Waals surface area contributed by atoms with Crippen LogP contribution in [0.15, 0.2) is 30.3 Å². The molecule has 0 spiro atoms. The summed E-state index contributed by atoms with van der Waals surface area (Å²) >= 11 is 0. The average molecular weight is 232 g/mol. The van der Waals surface area contributed by atoms with Crippen LogP contribution in [-0.2, 0) is 11.3 Å². The van der Waals surface area contributed by atoms with E-state index in [1.54, 1.807) is 6.92 Å². The van der Waals surface area contributed by atoms with E-state index in [4.69, 9.17) is 10.00 Å². The summed E-state index contributed by atoms with van der Waals surface area (Å²) in [6.45, 7) is 7.29. The fraction of sp³-hybridized carbons (Fsp3) is 0.500. The highest BCUT2D eigenvalue weighted by molar-refractivity contribution is 5.14. The Balaban J connectivity index is 2.32. The minimum atomic E-state index is -0.314. The zero-order valence-corrected chi connectivity index (χ0v) is 10.6. The average Bonchev–Trinajstić information content (AvgIpc) is 2.38. The fourth-order valence-electron chi connectivity index (χ4n) is 1.59. The zero-order chi connectivity index (χ0) is 12.5. The van der Waals surface area contributed by atoms with E-state index in [0.29, 0.717) is 6.61 Å². The van der Waals surface area contributed by atoms with E-state index in [-0.39, 0.29) is 6.10 Å². The molecule has 1 aromatic carbocycles. The summed E-state index contributed by atoms with van der Waals surface area (Å²) in [6.07, 6.45) is -0.314. The molecule has 3 nitrogen and oxygen atoms in total. The van der Waals surface area contributed by atoms with Crippen molar-refractivity contribution in [1.82, 2.24) is 4.90 Å². The molecule has 0 radical (unpaired) electrons. The maximum Gasteiger partial charge on any atom is 0.141 e.